The molecular weight excluding hydrogens is 268 g/mol. The maximum Gasteiger partial charge on any atom is 0.232 e. The van der Waals surface area contributed by atoms with Gasteiger partial charge >= 0.3 is 0 Å². The Morgan fingerprint density at radius 2 is 1.55 bits per heavy atom. The van der Waals surface area contributed by atoms with E-state index >= 15 is 0 Å². The average Bonchev–Trinajstić information content (AvgIpc) is 2.76. The van der Waals surface area contributed by atoms with E-state index in [4.69, 9.17) is 12.2 Å². The molecule has 0 saturated carbocycles. The van der Waals surface area contributed by atoms with Gasteiger partial charge in [0, 0.05) is 12.7 Å². The summed E-state index contributed by atoms with van der Waals surface area (Å²) in [6.07, 6.45) is 0. The Labute approximate surface area is 122 Å². The number of rotatable bonds is 3. The Morgan fingerprint density at radius 1 is 0.950 bits per heavy atom. The number of hydrogen-bond acceptors (Lipinski definition) is 3. The molecule has 2 aromatic carbocycles. The average molecular weight is 282 g/mol. The number of hydrogen-bond donors (Lipinski definition) is 1. The van der Waals surface area contributed by atoms with Crippen molar-refractivity contribution >= 4 is 23.9 Å². The summed E-state index contributed by atoms with van der Waals surface area (Å²) in [5.41, 5.74) is 1.97. The normalized spacial score (nSPS) is 10.4. The van der Waals surface area contributed by atoms with Crippen molar-refractivity contribution in [2.75, 3.05) is 5.32 Å². The Balaban J connectivity index is 2.08. The van der Waals surface area contributed by atoms with Crippen molar-refractivity contribution in [3.05, 3.63) is 65.4 Å². The van der Waals surface area contributed by atoms with Gasteiger partial charge < -0.3 is 5.32 Å². The number of benzene rings is 2. The second-order valence-electron chi connectivity index (χ2n) is 4.39. The quantitative estimate of drug-likeness (QED) is 0.744. The smallest absolute Gasteiger partial charge is 0.232 e. The Bertz CT molecular complexity index is 760. The highest BCUT2D eigenvalue weighted by Gasteiger charge is 2.10. The van der Waals surface area contributed by atoms with Crippen LogP contribution in [0.3, 0.4) is 0 Å². The molecule has 1 heterocycles. The second kappa shape index (κ2) is 5.30. The summed E-state index contributed by atoms with van der Waals surface area (Å²) in [7, 11) is 1.85. The molecule has 0 amide bonds. The first-order valence-corrected chi connectivity index (χ1v) is 6.70. The molecule has 1 aromatic heterocycles. The number of nitrogens with one attached hydrogen (secondary N) is 1. The topological polar surface area (TPSA) is 34.8 Å². The minimum atomic E-state index is 0.648. The first-order chi connectivity index (χ1) is 9.75. The maximum atomic E-state index is 5.44. The monoisotopic (exact) mass is 282 g/mol. The molecule has 0 bridgehead atoms. The number of nitrogens with zero attached hydrogens (tertiary/aromatic N) is 3. The van der Waals surface area contributed by atoms with Gasteiger partial charge in [-0.2, -0.15) is 0 Å². The van der Waals surface area contributed by atoms with Crippen LogP contribution in [0, 0.1) is 4.77 Å². The number of aryl methyl sites for hydroxylation is 1. The van der Waals surface area contributed by atoms with Crippen LogP contribution in [0.2, 0.25) is 0 Å². The Morgan fingerprint density at radius 3 is 2.20 bits per heavy atom. The van der Waals surface area contributed by atoms with Gasteiger partial charge in [0.1, 0.15) is 0 Å². The standard InChI is InChI=1S/C15H14N4S/c1-18-15(20)19(13-10-6-3-7-11-13)14(17-18)16-12-8-4-2-5-9-12/h2-11H,1H3,(H,16,17). The van der Waals surface area contributed by atoms with Crippen LogP contribution in [-0.4, -0.2) is 14.3 Å². The molecule has 0 fully saturated rings. The van der Waals surface area contributed by atoms with Crippen molar-refractivity contribution in [1.29, 1.82) is 0 Å². The van der Waals surface area contributed by atoms with E-state index < -0.39 is 0 Å². The van der Waals surface area contributed by atoms with Crippen molar-refractivity contribution in [2.24, 2.45) is 7.05 Å². The van der Waals surface area contributed by atoms with Crippen LogP contribution in [0.4, 0.5) is 11.6 Å². The molecule has 0 atom stereocenters. The lowest BCUT2D eigenvalue weighted by atomic mass is 10.3. The highest BCUT2D eigenvalue weighted by atomic mass is 32.1. The minimum Gasteiger partial charge on any atom is -0.324 e. The van der Waals surface area contributed by atoms with E-state index in [0.29, 0.717) is 10.7 Å². The van der Waals surface area contributed by atoms with Gasteiger partial charge in [-0.05, 0) is 36.5 Å². The van der Waals surface area contributed by atoms with Gasteiger partial charge in [0.2, 0.25) is 10.7 Å². The summed E-state index contributed by atoms with van der Waals surface area (Å²) in [6, 6.07) is 19.9. The lowest BCUT2D eigenvalue weighted by Gasteiger charge is -2.08. The lowest BCUT2D eigenvalue weighted by molar-refractivity contribution is 0.750. The van der Waals surface area contributed by atoms with Crippen LogP contribution in [0.5, 0.6) is 0 Å². The first kappa shape index (κ1) is 12.6. The van der Waals surface area contributed by atoms with Crippen LogP contribution in [0.1, 0.15) is 0 Å². The number of anilines is 2. The van der Waals surface area contributed by atoms with Crippen molar-refractivity contribution < 1.29 is 0 Å². The lowest BCUT2D eigenvalue weighted by Crippen LogP contribution is -2.01. The third kappa shape index (κ3) is 2.35. The summed E-state index contributed by atoms with van der Waals surface area (Å²) in [5, 5.41) is 7.74. The third-order valence-electron chi connectivity index (χ3n) is 2.97. The van der Waals surface area contributed by atoms with E-state index in [2.05, 4.69) is 10.4 Å². The summed E-state index contributed by atoms with van der Waals surface area (Å²) < 4.78 is 4.25. The van der Waals surface area contributed by atoms with Crippen LogP contribution in [-0.2, 0) is 7.05 Å². The van der Waals surface area contributed by atoms with Crippen molar-refractivity contribution in [1.82, 2.24) is 14.3 Å². The molecule has 3 rings (SSSR count). The minimum absolute atomic E-state index is 0.648. The van der Waals surface area contributed by atoms with Crippen LogP contribution in [0.15, 0.2) is 60.7 Å². The van der Waals surface area contributed by atoms with E-state index in [0.717, 1.165) is 11.4 Å². The SMILES string of the molecule is Cn1nc(Nc2ccccc2)n(-c2ccccc2)c1=S. The molecule has 0 aliphatic heterocycles. The molecule has 0 spiro atoms. The zero-order valence-electron chi connectivity index (χ0n) is 11.0. The predicted octanol–water partition coefficient (Wildman–Crippen LogP) is 3.68. The van der Waals surface area contributed by atoms with E-state index in [-0.39, 0.29) is 0 Å². The second-order valence-corrected chi connectivity index (χ2v) is 4.76. The van der Waals surface area contributed by atoms with Crippen LogP contribution in [0.25, 0.3) is 5.69 Å². The number of aromatic nitrogens is 3. The molecule has 0 radical (unpaired) electrons. The molecule has 0 saturated heterocycles. The molecule has 4 nitrogen and oxygen atoms in total. The number of para-hydroxylation sites is 2. The zero-order valence-corrected chi connectivity index (χ0v) is 11.8. The highest BCUT2D eigenvalue weighted by Crippen LogP contribution is 2.19. The van der Waals surface area contributed by atoms with E-state index in [1.54, 1.807) is 4.68 Å². The van der Waals surface area contributed by atoms with Gasteiger partial charge in [0.05, 0.1) is 5.69 Å². The largest absolute Gasteiger partial charge is 0.324 e. The molecule has 100 valence electrons. The third-order valence-corrected chi connectivity index (χ3v) is 3.42. The summed E-state index contributed by atoms with van der Waals surface area (Å²) in [4.78, 5) is 0. The molecule has 0 aliphatic carbocycles. The summed E-state index contributed by atoms with van der Waals surface area (Å²) in [5.74, 6) is 0.704. The summed E-state index contributed by atoms with van der Waals surface area (Å²) in [6.45, 7) is 0. The summed E-state index contributed by atoms with van der Waals surface area (Å²) >= 11 is 5.44. The molecule has 3 aromatic rings. The fraction of sp³-hybridized carbons (Fsp3) is 0.0667. The van der Waals surface area contributed by atoms with Gasteiger partial charge in [-0.25, -0.2) is 4.68 Å². The fourth-order valence-electron chi connectivity index (χ4n) is 2.01. The fourth-order valence-corrected chi connectivity index (χ4v) is 2.24. The molecular formula is C15H14N4S. The first-order valence-electron chi connectivity index (χ1n) is 6.29. The Hall–Kier alpha value is -2.40. The molecule has 0 aliphatic rings. The van der Waals surface area contributed by atoms with E-state index in [1.807, 2.05) is 72.3 Å². The van der Waals surface area contributed by atoms with Gasteiger partial charge in [-0.15, -0.1) is 5.10 Å². The highest BCUT2D eigenvalue weighted by molar-refractivity contribution is 7.71. The van der Waals surface area contributed by atoms with Crippen LogP contribution >= 0.6 is 12.2 Å². The molecule has 5 heteroatoms. The zero-order chi connectivity index (χ0) is 13.9. The maximum absolute atomic E-state index is 5.44. The van der Waals surface area contributed by atoms with Crippen LogP contribution < -0.4 is 5.32 Å². The van der Waals surface area contributed by atoms with Gasteiger partial charge in [0.15, 0.2) is 0 Å². The van der Waals surface area contributed by atoms with Crippen molar-refractivity contribution in [3.63, 3.8) is 0 Å². The predicted molar refractivity (Wildman–Crippen MR) is 83.1 cm³/mol. The molecule has 0 unspecified atom stereocenters. The van der Waals surface area contributed by atoms with Gasteiger partial charge in [-0.3, -0.25) is 4.57 Å². The molecule has 1 N–H and O–H groups in total. The van der Waals surface area contributed by atoms with Crippen molar-refractivity contribution in [2.45, 2.75) is 0 Å². The van der Waals surface area contributed by atoms with E-state index in [9.17, 15) is 0 Å². The van der Waals surface area contributed by atoms with Gasteiger partial charge in [-0.1, -0.05) is 36.4 Å². The van der Waals surface area contributed by atoms with E-state index in [1.165, 1.54) is 0 Å². The van der Waals surface area contributed by atoms with Gasteiger partial charge in [0.25, 0.3) is 0 Å². The van der Waals surface area contributed by atoms with Crippen molar-refractivity contribution in [3.8, 4) is 5.69 Å². The molecule has 20 heavy (non-hydrogen) atoms. The Kier molecular flexibility index (Phi) is 3.35.